The minimum atomic E-state index is 0.687. The molecule has 0 saturated heterocycles. The maximum Gasteiger partial charge on any atom is 0.141 e. The van der Waals surface area contributed by atoms with Gasteiger partial charge in [-0.05, 0) is 18.9 Å². The van der Waals surface area contributed by atoms with Crippen molar-refractivity contribution in [3.05, 3.63) is 36.7 Å². The second-order valence-electron chi connectivity index (χ2n) is 4.42. The highest BCUT2D eigenvalue weighted by Gasteiger charge is 2.15. The smallest absolute Gasteiger partial charge is 0.141 e. The average Bonchev–Trinajstić information content (AvgIpc) is 3.09. The van der Waals surface area contributed by atoms with E-state index in [1.165, 1.54) is 25.7 Å². The van der Waals surface area contributed by atoms with Crippen LogP contribution < -0.4 is 0 Å². The Balaban J connectivity index is 1.72. The first kappa shape index (κ1) is 10.3. The summed E-state index contributed by atoms with van der Waals surface area (Å²) in [4.78, 5) is 0. The van der Waals surface area contributed by atoms with Crippen LogP contribution in [-0.4, -0.2) is 25.7 Å². The predicted octanol–water partition coefficient (Wildman–Crippen LogP) is 2.08. The van der Waals surface area contributed by atoms with Gasteiger partial charge in [0.25, 0.3) is 0 Å². The van der Waals surface area contributed by atoms with E-state index in [1.807, 2.05) is 6.21 Å². The Morgan fingerprint density at radius 1 is 1.24 bits per heavy atom. The molecule has 0 N–H and O–H groups in total. The van der Waals surface area contributed by atoms with E-state index in [9.17, 15) is 0 Å². The van der Waals surface area contributed by atoms with Crippen molar-refractivity contribution in [1.82, 2.24) is 19.4 Å². The van der Waals surface area contributed by atoms with Crippen LogP contribution in [-0.2, 0) is 0 Å². The first-order valence-corrected chi connectivity index (χ1v) is 5.98. The van der Waals surface area contributed by atoms with Gasteiger partial charge in [-0.15, -0.1) is 10.2 Å². The largest absolute Gasteiger partial charge is 0.351 e. The average molecular weight is 229 g/mol. The second-order valence-corrected chi connectivity index (χ2v) is 4.42. The third kappa shape index (κ3) is 2.27. The fourth-order valence-corrected chi connectivity index (χ4v) is 2.32. The number of hydrogen-bond acceptors (Lipinski definition) is 3. The molecule has 0 unspecified atom stereocenters. The molecule has 0 aromatic carbocycles. The topological polar surface area (TPSA) is 48.0 Å². The highest BCUT2D eigenvalue weighted by atomic mass is 15.4. The fraction of sp³-hybridized carbons (Fsp3) is 0.417. The van der Waals surface area contributed by atoms with E-state index in [0.717, 1.165) is 5.56 Å². The Kier molecular flexibility index (Phi) is 2.73. The summed E-state index contributed by atoms with van der Waals surface area (Å²) in [7, 11) is 0. The van der Waals surface area contributed by atoms with Gasteiger partial charge in [0.05, 0.1) is 6.21 Å². The first-order valence-electron chi connectivity index (χ1n) is 5.98. The molecule has 1 aliphatic carbocycles. The minimum absolute atomic E-state index is 0.687. The first-order chi connectivity index (χ1) is 8.42. The molecule has 1 aliphatic rings. The summed E-state index contributed by atoms with van der Waals surface area (Å²) in [5, 5.41) is 11.6. The molecule has 0 amide bonds. The zero-order valence-corrected chi connectivity index (χ0v) is 9.61. The van der Waals surface area contributed by atoms with Gasteiger partial charge in [-0.3, -0.25) is 0 Å². The van der Waals surface area contributed by atoms with Crippen molar-refractivity contribution in [2.75, 3.05) is 0 Å². The third-order valence-corrected chi connectivity index (χ3v) is 3.23. The molecule has 3 rings (SSSR count). The summed E-state index contributed by atoms with van der Waals surface area (Å²) >= 11 is 0. The third-order valence-electron chi connectivity index (χ3n) is 3.23. The molecule has 2 heterocycles. The van der Waals surface area contributed by atoms with E-state index in [4.69, 9.17) is 0 Å². The van der Waals surface area contributed by atoms with Crippen LogP contribution in [0.2, 0.25) is 0 Å². The van der Waals surface area contributed by atoms with Crippen LogP contribution in [0.5, 0.6) is 0 Å². The Hall–Kier alpha value is -1.91. The lowest BCUT2D eigenvalue weighted by Crippen LogP contribution is -2.00. The molecular weight excluding hydrogens is 214 g/mol. The summed E-state index contributed by atoms with van der Waals surface area (Å²) in [5.41, 5.74) is 1.12. The van der Waals surface area contributed by atoms with E-state index in [0.29, 0.717) is 6.04 Å². The van der Waals surface area contributed by atoms with Crippen molar-refractivity contribution in [3.8, 4) is 0 Å². The van der Waals surface area contributed by atoms with E-state index in [1.54, 1.807) is 17.3 Å². The molecule has 0 aliphatic heterocycles. The number of aromatic nitrogens is 4. The SMILES string of the molecule is C(=N/n1cnnc1)/c1ccn(C2CCCC2)c1. The van der Waals surface area contributed by atoms with E-state index >= 15 is 0 Å². The quantitative estimate of drug-likeness (QED) is 0.756. The highest BCUT2D eigenvalue weighted by molar-refractivity contribution is 5.79. The van der Waals surface area contributed by atoms with Crippen molar-refractivity contribution >= 4 is 6.21 Å². The van der Waals surface area contributed by atoms with Crippen molar-refractivity contribution in [2.45, 2.75) is 31.7 Å². The van der Waals surface area contributed by atoms with Gasteiger partial charge in [0.15, 0.2) is 0 Å². The van der Waals surface area contributed by atoms with Crippen LogP contribution in [0.1, 0.15) is 37.3 Å². The number of hydrogen-bond donors (Lipinski definition) is 0. The Labute approximate surface area is 99.8 Å². The van der Waals surface area contributed by atoms with E-state index in [-0.39, 0.29) is 0 Å². The summed E-state index contributed by atoms with van der Waals surface area (Å²) < 4.78 is 3.90. The standard InChI is InChI=1S/C12H15N5/c1-2-4-12(3-1)16-6-5-11(8-16)7-15-17-9-13-14-10-17/h5-10,12H,1-4H2/b15-7-. The maximum atomic E-state index is 4.23. The molecule has 17 heavy (non-hydrogen) atoms. The van der Waals surface area contributed by atoms with Crippen molar-refractivity contribution in [2.24, 2.45) is 5.10 Å². The molecule has 5 heteroatoms. The van der Waals surface area contributed by atoms with Crippen LogP contribution in [0.3, 0.4) is 0 Å². The van der Waals surface area contributed by atoms with Crippen molar-refractivity contribution in [3.63, 3.8) is 0 Å². The van der Waals surface area contributed by atoms with Crippen molar-refractivity contribution in [1.29, 1.82) is 0 Å². The lowest BCUT2D eigenvalue weighted by molar-refractivity contribution is 0.521. The monoisotopic (exact) mass is 229 g/mol. The predicted molar refractivity (Wildman–Crippen MR) is 65.0 cm³/mol. The van der Waals surface area contributed by atoms with Gasteiger partial charge in [-0.2, -0.15) is 5.10 Å². The molecule has 2 aromatic rings. The Bertz CT molecular complexity index is 491. The molecular formula is C12H15N5. The lowest BCUT2D eigenvalue weighted by Gasteiger charge is -2.10. The molecule has 0 radical (unpaired) electrons. The second kappa shape index (κ2) is 4.53. The molecule has 2 aromatic heterocycles. The highest BCUT2D eigenvalue weighted by Crippen LogP contribution is 2.29. The van der Waals surface area contributed by atoms with Gasteiger partial charge in [0, 0.05) is 24.0 Å². The van der Waals surface area contributed by atoms with Gasteiger partial charge in [0.2, 0.25) is 0 Å². The normalized spacial score (nSPS) is 17.2. The zero-order chi connectivity index (χ0) is 11.5. The van der Waals surface area contributed by atoms with Crippen LogP contribution in [0, 0.1) is 0 Å². The number of nitrogens with zero attached hydrogens (tertiary/aromatic N) is 5. The summed E-state index contributed by atoms with van der Waals surface area (Å²) in [5.74, 6) is 0. The molecule has 1 saturated carbocycles. The Morgan fingerprint density at radius 3 is 2.76 bits per heavy atom. The minimum Gasteiger partial charge on any atom is -0.351 e. The van der Waals surface area contributed by atoms with Crippen LogP contribution in [0.25, 0.3) is 0 Å². The summed E-state index contributed by atoms with van der Waals surface area (Å²) in [6.07, 6.45) is 14.6. The van der Waals surface area contributed by atoms with Gasteiger partial charge < -0.3 is 4.57 Å². The van der Waals surface area contributed by atoms with Crippen molar-refractivity contribution < 1.29 is 0 Å². The molecule has 1 fully saturated rings. The van der Waals surface area contributed by atoms with Gasteiger partial charge in [0.1, 0.15) is 12.7 Å². The van der Waals surface area contributed by atoms with Crippen LogP contribution >= 0.6 is 0 Å². The fourth-order valence-electron chi connectivity index (χ4n) is 2.32. The van der Waals surface area contributed by atoms with Gasteiger partial charge >= 0.3 is 0 Å². The molecule has 0 spiro atoms. The van der Waals surface area contributed by atoms with Gasteiger partial charge in [-0.1, -0.05) is 12.8 Å². The molecule has 5 nitrogen and oxygen atoms in total. The van der Waals surface area contributed by atoms with Gasteiger partial charge in [-0.25, -0.2) is 4.68 Å². The summed E-state index contributed by atoms with van der Waals surface area (Å²) in [6, 6.07) is 2.78. The van der Waals surface area contributed by atoms with E-state index in [2.05, 4.69) is 38.3 Å². The van der Waals surface area contributed by atoms with Crippen LogP contribution in [0.4, 0.5) is 0 Å². The summed E-state index contributed by atoms with van der Waals surface area (Å²) in [6.45, 7) is 0. The lowest BCUT2D eigenvalue weighted by atomic mass is 10.2. The Morgan fingerprint density at radius 2 is 2.00 bits per heavy atom. The van der Waals surface area contributed by atoms with E-state index < -0.39 is 0 Å². The molecule has 88 valence electrons. The maximum absolute atomic E-state index is 4.23. The molecule has 0 bridgehead atoms. The van der Waals surface area contributed by atoms with Crippen LogP contribution in [0.15, 0.2) is 36.2 Å². The zero-order valence-electron chi connectivity index (χ0n) is 9.61. The molecule has 0 atom stereocenters. The number of rotatable bonds is 3.